The molecule has 0 atom stereocenters. The van der Waals surface area contributed by atoms with Gasteiger partial charge in [0.2, 0.25) is 12.7 Å². The van der Waals surface area contributed by atoms with Crippen LogP contribution in [-0.4, -0.2) is 12.7 Å². The van der Waals surface area contributed by atoms with Crippen LogP contribution in [-0.2, 0) is 10.2 Å². The van der Waals surface area contributed by atoms with Crippen molar-refractivity contribution in [2.24, 2.45) is 0 Å². The molecule has 1 saturated carbocycles. The molecule has 0 saturated heterocycles. The minimum absolute atomic E-state index is 0.0376. The second kappa shape index (κ2) is 6.06. The summed E-state index contributed by atoms with van der Waals surface area (Å²) in [5.41, 5.74) is 2.58. The van der Waals surface area contributed by atoms with Crippen molar-refractivity contribution >= 4 is 27.5 Å². The molecule has 130 valence electrons. The minimum atomic E-state index is -0.454. The molecular formula is C20H20BrNO3. The average Bonchev–Trinajstić information content (AvgIpc) is 3.26. The van der Waals surface area contributed by atoms with Gasteiger partial charge in [0.1, 0.15) is 0 Å². The number of hydrogen-bond donors (Lipinski definition) is 1. The van der Waals surface area contributed by atoms with Crippen LogP contribution in [0.1, 0.15) is 43.7 Å². The average molecular weight is 402 g/mol. The molecule has 5 heteroatoms. The smallest absolute Gasteiger partial charge is 0.235 e. The van der Waals surface area contributed by atoms with Gasteiger partial charge < -0.3 is 14.8 Å². The quantitative estimate of drug-likeness (QED) is 0.786. The number of ether oxygens (including phenoxy) is 2. The third-order valence-corrected chi connectivity index (χ3v) is 5.68. The third kappa shape index (κ3) is 2.91. The van der Waals surface area contributed by atoms with Gasteiger partial charge >= 0.3 is 0 Å². The van der Waals surface area contributed by atoms with Gasteiger partial charge in [0.15, 0.2) is 11.5 Å². The third-order valence-electron chi connectivity index (χ3n) is 4.99. The van der Waals surface area contributed by atoms with Gasteiger partial charge in [-0.05, 0) is 54.2 Å². The highest BCUT2D eigenvalue weighted by atomic mass is 79.9. The van der Waals surface area contributed by atoms with Gasteiger partial charge in [0.05, 0.1) is 5.41 Å². The maximum atomic E-state index is 12.9. The van der Waals surface area contributed by atoms with Gasteiger partial charge in [-0.2, -0.15) is 0 Å². The Morgan fingerprint density at radius 2 is 1.88 bits per heavy atom. The van der Waals surface area contributed by atoms with Gasteiger partial charge in [-0.15, -0.1) is 0 Å². The molecule has 4 rings (SSSR count). The summed E-state index contributed by atoms with van der Waals surface area (Å²) >= 11 is 3.60. The molecule has 2 aliphatic rings. The van der Waals surface area contributed by atoms with Crippen LogP contribution in [0.2, 0.25) is 0 Å². The summed E-state index contributed by atoms with van der Waals surface area (Å²) in [6.07, 6.45) is 1.70. The van der Waals surface area contributed by atoms with Gasteiger partial charge in [0, 0.05) is 10.2 Å². The number of hydrogen-bond acceptors (Lipinski definition) is 3. The number of anilines is 1. The van der Waals surface area contributed by atoms with Gasteiger partial charge in [0.25, 0.3) is 0 Å². The number of benzene rings is 2. The van der Waals surface area contributed by atoms with E-state index in [1.807, 2.05) is 30.3 Å². The van der Waals surface area contributed by atoms with Crippen LogP contribution in [0.3, 0.4) is 0 Å². The number of rotatable bonds is 4. The fourth-order valence-corrected chi connectivity index (χ4v) is 4.13. The van der Waals surface area contributed by atoms with Crippen LogP contribution in [0.15, 0.2) is 40.9 Å². The molecule has 1 N–H and O–H groups in total. The molecule has 0 aromatic heterocycles. The molecule has 1 fully saturated rings. The van der Waals surface area contributed by atoms with Crippen LogP contribution in [0, 0.1) is 0 Å². The molecular weight excluding hydrogens is 382 g/mol. The van der Waals surface area contributed by atoms with Crippen molar-refractivity contribution in [3.05, 3.63) is 52.0 Å². The zero-order valence-electron chi connectivity index (χ0n) is 14.3. The number of halogens is 1. The highest BCUT2D eigenvalue weighted by Crippen LogP contribution is 2.51. The monoisotopic (exact) mass is 401 g/mol. The molecule has 1 amide bonds. The molecule has 2 aromatic carbocycles. The minimum Gasteiger partial charge on any atom is -0.454 e. The molecule has 0 radical (unpaired) electrons. The number of nitrogens with one attached hydrogen (secondary N) is 1. The molecule has 4 nitrogen and oxygen atoms in total. The van der Waals surface area contributed by atoms with E-state index >= 15 is 0 Å². The van der Waals surface area contributed by atoms with E-state index in [-0.39, 0.29) is 12.7 Å². The number of carbonyl (C=O) groups is 1. The van der Waals surface area contributed by atoms with Crippen molar-refractivity contribution in [2.75, 3.05) is 12.1 Å². The summed E-state index contributed by atoms with van der Waals surface area (Å²) in [6.45, 7) is 4.54. The highest BCUT2D eigenvalue weighted by molar-refractivity contribution is 9.10. The molecule has 0 unspecified atom stereocenters. The van der Waals surface area contributed by atoms with E-state index in [1.54, 1.807) is 0 Å². The summed E-state index contributed by atoms with van der Waals surface area (Å²) in [5.74, 6) is 1.94. The molecule has 0 bridgehead atoms. The Balaban J connectivity index is 1.56. The lowest BCUT2D eigenvalue weighted by Crippen LogP contribution is -2.27. The summed E-state index contributed by atoms with van der Waals surface area (Å²) < 4.78 is 11.8. The van der Waals surface area contributed by atoms with Crippen LogP contribution >= 0.6 is 15.9 Å². The maximum absolute atomic E-state index is 12.9. The van der Waals surface area contributed by atoms with E-state index in [2.05, 4.69) is 41.2 Å². The van der Waals surface area contributed by atoms with Gasteiger partial charge in [-0.25, -0.2) is 0 Å². The summed E-state index contributed by atoms with van der Waals surface area (Å²) in [5, 5.41) is 3.08. The van der Waals surface area contributed by atoms with Crippen molar-refractivity contribution in [2.45, 2.75) is 38.0 Å². The van der Waals surface area contributed by atoms with Crippen molar-refractivity contribution in [1.29, 1.82) is 0 Å². The van der Waals surface area contributed by atoms with Crippen LogP contribution < -0.4 is 14.8 Å². The molecule has 1 aliphatic carbocycles. The topological polar surface area (TPSA) is 47.6 Å². The number of carbonyl (C=O) groups excluding carboxylic acids is 1. The van der Waals surface area contributed by atoms with E-state index in [9.17, 15) is 4.79 Å². The van der Waals surface area contributed by atoms with E-state index in [0.717, 1.165) is 40.1 Å². The van der Waals surface area contributed by atoms with Crippen molar-refractivity contribution in [3.63, 3.8) is 0 Å². The van der Waals surface area contributed by atoms with E-state index in [0.29, 0.717) is 5.92 Å². The zero-order valence-corrected chi connectivity index (χ0v) is 15.9. The van der Waals surface area contributed by atoms with Crippen LogP contribution in [0.4, 0.5) is 5.69 Å². The zero-order chi connectivity index (χ0) is 17.6. The highest BCUT2D eigenvalue weighted by Gasteiger charge is 2.51. The maximum Gasteiger partial charge on any atom is 0.235 e. The lowest BCUT2D eigenvalue weighted by molar-refractivity contribution is -0.118. The lowest BCUT2D eigenvalue weighted by atomic mass is 9.94. The largest absolute Gasteiger partial charge is 0.454 e. The summed E-state index contributed by atoms with van der Waals surface area (Å²) in [7, 11) is 0. The predicted octanol–water partition coefficient (Wildman–Crippen LogP) is 4.97. The first-order valence-electron chi connectivity index (χ1n) is 8.51. The normalized spacial score (nSPS) is 16.8. The Bertz CT molecular complexity index is 843. The van der Waals surface area contributed by atoms with E-state index < -0.39 is 5.41 Å². The predicted molar refractivity (Wildman–Crippen MR) is 100 cm³/mol. The fourth-order valence-electron chi connectivity index (χ4n) is 3.29. The Morgan fingerprint density at radius 1 is 1.12 bits per heavy atom. The van der Waals surface area contributed by atoms with Gasteiger partial charge in [-0.3, -0.25) is 4.79 Å². The first-order valence-corrected chi connectivity index (χ1v) is 9.30. The molecule has 2 aromatic rings. The first kappa shape index (κ1) is 16.5. The van der Waals surface area contributed by atoms with E-state index in [4.69, 9.17) is 9.47 Å². The molecule has 1 heterocycles. The second-order valence-corrected chi connectivity index (χ2v) is 7.85. The van der Waals surface area contributed by atoms with Crippen molar-refractivity contribution in [1.82, 2.24) is 0 Å². The van der Waals surface area contributed by atoms with Gasteiger partial charge in [-0.1, -0.05) is 41.9 Å². The molecule has 25 heavy (non-hydrogen) atoms. The number of amides is 1. The van der Waals surface area contributed by atoms with Crippen LogP contribution in [0.25, 0.3) is 0 Å². The van der Waals surface area contributed by atoms with E-state index in [1.165, 1.54) is 5.56 Å². The summed E-state index contributed by atoms with van der Waals surface area (Å²) in [4.78, 5) is 12.9. The Morgan fingerprint density at radius 3 is 2.56 bits per heavy atom. The molecule has 0 spiro atoms. The van der Waals surface area contributed by atoms with Crippen molar-refractivity contribution < 1.29 is 14.3 Å². The SMILES string of the molecule is CC(C)c1ccc(NC(=O)C2(c3ccc4c(c3)OCO4)CC2)cc1Br. The molecule has 1 aliphatic heterocycles. The van der Waals surface area contributed by atoms with Crippen LogP contribution in [0.5, 0.6) is 11.5 Å². The lowest BCUT2D eigenvalue weighted by Gasteiger charge is -2.17. The number of fused-ring (bicyclic) bond motifs is 1. The second-order valence-electron chi connectivity index (χ2n) is 7.00. The Kier molecular flexibility index (Phi) is 3.99. The summed E-state index contributed by atoms with van der Waals surface area (Å²) in [6, 6.07) is 11.8. The Labute approximate surface area is 155 Å². The fraction of sp³-hybridized carbons (Fsp3) is 0.350. The van der Waals surface area contributed by atoms with Crippen molar-refractivity contribution in [3.8, 4) is 11.5 Å². The standard InChI is InChI=1S/C20H20BrNO3/c1-12(2)15-5-4-14(10-16(15)21)22-19(23)20(7-8-20)13-3-6-17-18(9-13)25-11-24-17/h3-6,9-10,12H,7-8,11H2,1-2H3,(H,22,23). The Hall–Kier alpha value is -2.01. The first-order chi connectivity index (χ1) is 12.0.